The fourth-order valence-electron chi connectivity index (χ4n) is 1.54. The van der Waals surface area contributed by atoms with Gasteiger partial charge in [0.2, 0.25) is 0 Å². The van der Waals surface area contributed by atoms with E-state index in [2.05, 4.69) is 5.32 Å². The number of carbonyl (C=O) groups is 1. The number of hydrogen-bond donors (Lipinski definition) is 1. The van der Waals surface area contributed by atoms with E-state index in [1.54, 1.807) is 11.8 Å². The maximum atomic E-state index is 11.8. The summed E-state index contributed by atoms with van der Waals surface area (Å²) < 4.78 is 5.08. The third-order valence-electron chi connectivity index (χ3n) is 2.34. The summed E-state index contributed by atoms with van der Waals surface area (Å²) >= 11 is 7.45. The number of ether oxygens (including phenoxy) is 1. The average molecular weight is 302 g/mol. The van der Waals surface area contributed by atoms with E-state index in [0.29, 0.717) is 17.4 Å². The van der Waals surface area contributed by atoms with E-state index in [1.165, 1.54) is 0 Å². The predicted molar refractivity (Wildman–Crippen MR) is 80.9 cm³/mol. The van der Waals surface area contributed by atoms with Crippen LogP contribution in [0.3, 0.4) is 0 Å². The number of esters is 1. The van der Waals surface area contributed by atoms with Crippen LogP contribution in [0.15, 0.2) is 29.2 Å². The van der Waals surface area contributed by atoms with Crippen LogP contribution in [0.5, 0.6) is 0 Å². The van der Waals surface area contributed by atoms with Crippen LogP contribution in [-0.2, 0) is 9.53 Å². The molecule has 0 aliphatic heterocycles. The standard InChI is InChI=1S/C14H20ClNO2S/c1-4-18-14(17)13(16-10(2)3)9-19-12-7-5-11(15)6-8-12/h5-8,10,13,16H,4,9H2,1-3H3. The Labute approximate surface area is 124 Å². The summed E-state index contributed by atoms with van der Waals surface area (Å²) in [6.45, 7) is 6.25. The maximum Gasteiger partial charge on any atom is 0.324 e. The summed E-state index contributed by atoms with van der Waals surface area (Å²) in [6, 6.07) is 7.54. The van der Waals surface area contributed by atoms with E-state index < -0.39 is 0 Å². The zero-order valence-electron chi connectivity index (χ0n) is 11.5. The molecule has 1 aromatic carbocycles. The highest BCUT2D eigenvalue weighted by Crippen LogP contribution is 2.21. The van der Waals surface area contributed by atoms with Gasteiger partial charge in [0.15, 0.2) is 0 Å². The number of carbonyl (C=O) groups excluding carboxylic acids is 1. The second-order valence-electron chi connectivity index (χ2n) is 4.39. The van der Waals surface area contributed by atoms with Crippen LogP contribution in [-0.4, -0.2) is 30.4 Å². The third-order valence-corrected chi connectivity index (χ3v) is 3.69. The molecule has 0 aromatic heterocycles. The van der Waals surface area contributed by atoms with Crippen LogP contribution in [0.1, 0.15) is 20.8 Å². The van der Waals surface area contributed by atoms with Gasteiger partial charge in [0.25, 0.3) is 0 Å². The summed E-state index contributed by atoms with van der Waals surface area (Å²) in [5, 5.41) is 3.94. The molecule has 0 heterocycles. The molecule has 0 saturated heterocycles. The number of thioether (sulfide) groups is 1. The minimum Gasteiger partial charge on any atom is -0.465 e. The fourth-order valence-corrected chi connectivity index (χ4v) is 2.59. The lowest BCUT2D eigenvalue weighted by Crippen LogP contribution is -2.43. The average Bonchev–Trinajstić information content (AvgIpc) is 2.36. The Bertz CT molecular complexity index is 395. The van der Waals surface area contributed by atoms with Crippen molar-refractivity contribution in [1.82, 2.24) is 5.32 Å². The quantitative estimate of drug-likeness (QED) is 0.619. The fraction of sp³-hybridized carbons (Fsp3) is 0.500. The topological polar surface area (TPSA) is 38.3 Å². The zero-order chi connectivity index (χ0) is 14.3. The van der Waals surface area contributed by atoms with Gasteiger partial charge in [0, 0.05) is 21.7 Å². The van der Waals surface area contributed by atoms with Gasteiger partial charge in [-0.2, -0.15) is 0 Å². The molecular weight excluding hydrogens is 282 g/mol. The molecule has 0 amide bonds. The van der Waals surface area contributed by atoms with Gasteiger partial charge in [-0.25, -0.2) is 0 Å². The highest BCUT2D eigenvalue weighted by atomic mass is 35.5. The van der Waals surface area contributed by atoms with Gasteiger partial charge in [-0.05, 0) is 31.2 Å². The predicted octanol–water partition coefficient (Wildman–Crippen LogP) is 3.36. The van der Waals surface area contributed by atoms with Gasteiger partial charge in [-0.1, -0.05) is 25.4 Å². The molecule has 1 atom stereocenters. The monoisotopic (exact) mass is 301 g/mol. The van der Waals surface area contributed by atoms with Crippen molar-refractivity contribution in [1.29, 1.82) is 0 Å². The van der Waals surface area contributed by atoms with Gasteiger partial charge in [0.1, 0.15) is 6.04 Å². The van der Waals surface area contributed by atoms with Gasteiger partial charge in [-0.15, -0.1) is 11.8 Å². The second kappa shape index (κ2) is 8.46. The molecule has 0 saturated carbocycles. The van der Waals surface area contributed by atoms with E-state index >= 15 is 0 Å². The molecule has 1 N–H and O–H groups in total. The molecule has 1 unspecified atom stereocenters. The van der Waals surface area contributed by atoms with Gasteiger partial charge in [-0.3, -0.25) is 4.79 Å². The molecule has 0 spiro atoms. The molecule has 0 radical (unpaired) electrons. The van der Waals surface area contributed by atoms with Crippen molar-refractivity contribution in [3.63, 3.8) is 0 Å². The van der Waals surface area contributed by atoms with Crippen LogP contribution >= 0.6 is 23.4 Å². The number of nitrogens with one attached hydrogen (secondary N) is 1. The number of hydrogen-bond acceptors (Lipinski definition) is 4. The molecule has 0 fully saturated rings. The summed E-state index contributed by atoms with van der Waals surface area (Å²) in [6.07, 6.45) is 0. The normalized spacial score (nSPS) is 12.5. The van der Waals surface area contributed by atoms with Crippen molar-refractivity contribution >= 4 is 29.3 Å². The Balaban J connectivity index is 2.56. The van der Waals surface area contributed by atoms with E-state index in [4.69, 9.17) is 16.3 Å². The third kappa shape index (κ3) is 6.32. The molecule has 0 aliphatic carbocycles. The highest BCUT2D eigenvalue weighted by Gasteiger charge is 2.20. The van der Waals surface area contributed by atoms with E-state index in [-0.39, 0.29) is 18.1 Å². The Kier molecular flexibility index (Phi) is 7.28. The van der Waals surface area contributed by atoms with Crippen LogP contribution in [0, 0.1) is 0 Å². The van der Waals surface area contributed by atoms with Gasteiger partial charge < -0.3 is 10.1 Å². The van der Waals surface area contributed by atoms with Crippen molar-refractivity contribution < 1.29 is 9.53 Å². The van der Waals surface area contributed by atoms with Crippen LogP contribution < -0.4 is 5.32 Å². The first-order valence-electron chi connectivity index (χ1n) is 6.34. The van der Waals surface area contributed by atoms with Crippen molar-refractivity contribution in [3.05, 3.63) is 29.3 Å². The van der Waals surface area contributed by atoms with Crippen LogP contribution in [0.25, 0.3) is 0 Å². The van der Waals surface area contributed by atoms with Crippen molar-refractivity contribution in [2.24, 2.45) is 0 Å². The SMILES string of the molecule is CCOC(=O)C(CSc1ccc(Cl)cc1)NC(C)C. The first-order valence-corrected chi connectivity index (χ1v) is 7.70. The lowest BCUT2D eigenvalue weighted by molar-refractivity contribution is -0.145. The molecular formula is C14H20ClNO2S. The smallest absolute Gasteiger partial charge is 0.324 e. The first-order chi connectivity index (χ1) is 9.02. The Hall–Kier alpha value is -0.710. The molecule has 19 heavy (non-hydrogen) atoms. The van der Waals surface area contributed by atoms with Gasteiger partial charge >= 0.3 is 5.97 Å². The van der Waals surface area contributed by atoms with E-state index in [1.807, 2.05) is 45.0 Å². The molecule has 0 bridgehead atoms. The summed E-state index contributed by atoms with van der Waals surface area (Å²) in [4.78, 5) is 12.9. The van der Waals surface area contributed by atoms with Crippen molar-refractivity contribution in [3.8, 4) is 0 Å². The van der Waals surface area contributed by atoms with Crippen molar-refractivity contribution in [2.45, 2.75) is 37.8 Å². The lowest BCUT2D eigenvalue weighted by atomic mass is 10.3. The Morgan fingerprint density at radius 2 is 2.00 bits per heavy atom. The number of rotatable bonds is 7. The largest absolute Gasteiger partial charge is 0.465 e. The van der Waals surface area contributed by atoms with Crippen LogP contribution in [0.2, 0.25) is 5.02 Å². The molecule has 0 aliphatic rings. The zero-order valence-corrected chi connectivity index (χ0v) is 13.1. The second-order valence-corrected chi connectivity index (χ2v) is 5.92. The van der Waals surface area contributed by atoms with E-state index in [0.717, 1.165) is 4.90 Å². The first kappa shape index (κ1) is 16.3. The van der Waals surface area contributed by atoms with Crippen molar-refractivity contribution in [2.75, 3.05) is 12.4 Å². The summed E-state index contributed by atoms with van der Waals surface area (Å²) in [5.74, 6) is 0.441. The van der Waals surface area contributed by atoms with Crippen LogP contribution in [0.4, 0.5) is 0 Å². The molecule has 1 rings (SSSR count). The molecule has 5 heteroatoms. The highest BCUT2D eigenvalue weighted by molar-refractivity contribution is 7.99. The Morgan fingerprint density at radius 1 is 1.37 bits per heavy atom. The minimum absolute atomic E-state index is 0.197. The van der Waals surface area contributed by atoms with Gasteiger partial charge in [0.05, 0.1) is 6.61 Å². The number of benzene rings is 1. The lowest BCUT2D eigenvalue weighted by Gasteiger charge is -2.19. The maximum absolute atomic E-state index is 11.8. The van der Waals surface area contributed by atoms with E-state index in [9.17, 15) is 4.79 Å². The summed E-state index contributed by atoms with van der Waals surface area (Å²) in [7, 11) is 0. The molecule has 3 nitrogen and oxygen atoms in total. The number of halogens is 1. The minimum atomic E-state index is -0.291. The summed E-state index contributed by atoms with van der Waals surface area (Å²) in [5.41, 5.74) is 0. The Morgan fingerprint density at radius 3 is 2.53 bits per heavy atom. The molecule has 106 valence electrons. The molecule has 1 aromatic rings.